The van der Waals surface area contributed by atoms with Crippen LogP contribution in [0.15, 0.2) is 57.0 Å². The average Bonchev–Trinajstić information content (AvgIpc) is 2.49. The van der Waals surface area contributed by atoms with E-state index >= 15 is 0 Å². The number of rotatable bonds is 3. The predicted octanol–water partition coefficient (Wildman–Crippen LogP) is 4.90. The molecule has 2 aromatic rings. The number of hydrogen-bond donors (Lipinski definition) is 1. The third kappa shape index (κ3) is 4.26. The summed E-state index contributed by atoms with van der Waals surface area (Å²) in [5, 5.41) is 11.5. The minimum atomic E-state index is -0.661. The molecule has 1 amide bonds. The van der Waals surface area contributed by atoms with Gasteiger partial charge < -0.3 is 5.32 Å². The molecule has 110 valence electrons. The van der Waals surface area contributed by atoms with Gasteiger partial charge in [0, 0.05) is 8.95 Å². The van der Waals surface area contributed by atoms with Gasteiger partial charge in [0.1, 0.15) is 17.5 Å². The number of benzene rings is 2. The van der Waals surface area contributed by atoms with Gasteiger partial charge in [-0.05, 0) is 42.0 Å². The number of hydrogen-bond acceptors (Lipinski definition) is 2. The highest BCUT2D eigenvalue weighted by molar-refractivity contribution is 9.10. The van der Waals surface area contributed by atoms with Crippen molar-refractivity contribution in [3.8, 4) is 6.07 Å². The molecular formula is C16H9Br2FN2O. The first-order valence-corrected chi connectivity index (χ1v) is 7.72. The molecule has 0 bridgehead atoms. The van der Waals surface area contributed by atoms with Gasteiger partial charge in [0.15, 0.2) is 0 Å². The standard InChI is InChI=1S/C16H9Br2FN2O/c17-12-3-1-10(2-4-12)7-11(9-20)16(22)21-15-6-5-13(18)8-14(15)19/h1-8H,(H,21,22). The Labute approximate surface area is 143 Å². The van der Waals surface area contributed by atoms with Crippen molar-refractivity contribution in [1.29, 1.82) is 5.26 Å². The molecule has 0 spiro atoms. The largest absolute Gasteiger partial charge is 0.319 e. The van der Waals surface area contributed by atoms with Crippen LogP contribution in [0.5, 0.6) is 0 Å². The van der Waals surface area contributed by atoms with Crippen LogP contribution < -0.4 is 5.32 Å². The lowest BCUT2D eigenvalue weighted by Gasteiger charge is -2.06. The molecule has 0 atom stereocenters. The zero-order valence-electron chi connectivity index (χ0n) is 11.1. The molecule has 0 aliphatic heterocycles. The summed E-state index contributed by atoms with van der Waals surface area (Å²) in [6.45, 7) is 0. The van der Waals surface area contributed by atoms with Crippen molar-refractivity contribution in [3.05, 3.63) is 68.4 Å². The number of carbonyl (C=O) groups excluding carboxylic acids is 1. The van der Waals surface area contributed by atoms with Crippen molar-refractivity contribution in [1.82, 2.24) is 0 Å². The molecule has 0 unspecified atom stereocenters. The van der Waals surface area contributed by atoms with Crippen LogP contribution in [0.4, 0.5) is 10.1 Å². The van der Waals surface area contributed by atoms with Crippen LogP contribution in [0.3, 0.4) is 0 Å². The number of nitriles is 1. The molecule has 0 aliphatic carbocycles. The molecule has 0 fully saturated rings. The monoisotopic (exact) mass is 422 g/mol. The molecule has 0 saturated heterocycles. The Balaban J connectivity index is 2.22. The van der Waals surface area contributed by atoms with Crippen molar-refractivity contribution >= 4 is 49.5 Å². The molecule has 0 heterocycles. The van der Waals surface area contributed by atoms with Crippen LogP contribution in [-0.4, -0.2) is 5.91 Å². The van der Waals surface area contributed by atoms with Gasteiger partial charge in [-0.3, -0.25) is 4.79 Å². The van der Waals surface area contributed by atoms with Crippen LogP contribution in [0.25, 0.3) is 6.08 Å². The lowest BCUT2D eigenvalue weighted by Crippen LogP contribution is -2.14. The molecule has 2 aromatic carbocycles. The number of anilines is 1. The van der Waals surface area contributed by atoms with E-state index in [9.17, 15) is 9.18 Å². The fourth-order valence-electron chi connectivity index (χ4n) is 1.65. The van der Waals surface area contributed by atoms with Crippen LogP contribution >= 0.6 is 31.9 Å². The molecule has 3 nitrogen and oxygen atoms in total. The third-order valence-corrected chi connectivity index (χ3v) is 3.75. The molecule has 6 heteroatoms. The highest BCUT2D eigenvalue weighted by atomic mass is 79.9. The summed E-state index contributed by atoms with van der Waals surface area (Å²) in [7, 11) is 0. The summed E-state index contributed by atoms with van der Waals surface area (Å²) in [6.07, 6.45) is 1.44. The molecule has 2 rings (SSSR count). The first kappa shape index (κ1) is 16.4. The average molecular weight is 424 g/mol. The van der Waals surface area contributed by atoms with Gasteiger partial charge in [-0.1, -0.05) is 44.0 Å². The number of nitrogens with one attached hydrogen (secondary N) is 1. The first-order chi connectivity index (χ1) is 10.5. The van der Waals surface area contributed by atoms with E-state index in [0.29, 0.717) is 10.0 Å². The summed E-state index contributed by atoms with van der Waals surface area (Å²) in [4.78, 5) is 12.1. The number of halogens is 3. The van der Waals surface area contributed by atoms with Crippen molar-refractivity contribution in [3.63, 3.8) is 0 Å². The summed E-state index contributed by atoms with van der Waals surface area (Å²) < 4.78 is 15.2. The number of amides is 1. The normalized spacial score (nSPS) is 10.9. The maximum absolute atomic E-state index is 13.7. The second-order valence-corrected chi connectivity index (χ2v) is 6.13. The Morgan fingerprint density at radius 3 is 2.36 bits per heavy atom. The van der Waals surface area contributed by atoms with E-state index in [0.717, 1.165) is 4.47 Å². The van der Waals surface area contributed by atoms with Gasteiger partial charge in [0.25, 0.3) is 5.91 Å². The smallest absolute Gasteiger partial charge is 0.266 e. The molecule has 0 saturated carbocycles. The minimum absolute atomic E-state index is 0.0187. The van der Waals surface area contributed by atoms with Gasteiger partial charge in [-0.15, -0.1) is 0 Å². The lowest BCUT2D eigenvalue weighted by atomic mass is 10.1. The van der Waals surface area contributed by atoms with E-state index in [-0.39, 0.29) is 11.3 Å². The third-order valence-electron chi connectivity index (χ3n) is 2.73. The second-order valence-electron chi connectivity index (χ2n) is 4.30. The Bertz CT molecular complexity index is 780. The second kappa shape index (κ2) is 7.34. The summed E-state index contributed by atoms with van der Waals surface area (Å²) >= 11 is 6.44. The van der Waals surface area contributed by atoms with E-state index in [4.69, 9.17) is 5.26 Å². The SMILES string of the molecule is N#CC(=Cc1ccc(Br)cc1)C(=O)Nc1ccc(Br)cc1F. The minimum Gasteiger partial charge on any atom is -0.319 e. The van der Waals surface area contributed by atoms with Crippen molar-refractivity contribution in [2.45, 2.75) is 0 Å². The topological polar surface area (TPSA) is 52.9 Å². The highest BCUT2D eigenvalue weighted by Gasteiger charge is 2.12. The van der Waals surface area contributed by atoms with Crippen LogP contribution in [0, 0.1) is 17.1 Å². The summed E-state index contributed by atoms with van der Waals surface area (Å²) in [6, 6.07) is 13.2. The van der Waals surface area contributed by atoms with E-state index in [1.165, 1.54) is 18.2 Å². The maximum atomic E-state index is 13.7. The molecule has 1 N–H and O–H groups in total. The van der Waals surface area contributed by atoms with Crippen molar-refractivity contribution in [2.24, 2.45) is 0 Å². The van der Waals surface area contributed by atoms with Gasteiger partial charge in [0.2, 0.25) is 0 Å². The van der Waals surface area contributed by atoms with E-state index in [1.54, 1.807) is 30.3 Å². The Kier molecular flexibility index (Phi) is 5.47. The maximum Gasteiger partial charge on any atom is 0.266 e. The molecule has 22 heavy (non-hydrogen) atoms. The Hall–Kier alpha value is -1.97. The Morgan fingerprint density at radius 2 is 1.77 bits per heavy atom. The van der Waals surface area contributed by atoms with Crippen LogP contribution in [-0.2, 0) is 4.79 Å². The van der Waals surface area contributed by atoms with Crippen molar-refractivity contribution < 1.29 is 9.18 Å². The Morgan fingerprint density at radius 1 is 1.14 bits per heavy atom. The molecule has 0 aliphatic rings. The van der Waals surface area contributed by atoms with Crippen LogP contribution in [0.2, 0.25) is 0 Å². The summed E-state index contributed by atoms with van der Waals surface area (Å²) in [5.41, 5.74) is 0.612. The molecule has 0 radical (unpaired) electrons. The van der Waals surface area contributed by atoms with Gasteiger partial charge in [-0.25, -0.2) is 4.39 Å². The lowest BCUT2D eigenvalue weighted by molar-refractivity contribution is -0.112. The number of nitrogens with zero attached hydrogens (tertiary/aromatic N) is 1. The van der Waals surface area contributed by atoms with Gasteiger partial charge in [-0.2, -0.15) is 5.26 Å². The van der Waals surface area contributed by atoms with E-state index in [1.807, 2.05) is 6.07 Å². The van der Waals surface area contributed by atoms with Gasteiger partial charge >= 0.3 is 0 Å². The molecule has 0 aromatic heterocycles. The number of carbonyl (C=O) groups is 1. The fourth-order valence-corrected chi connectivity index (χ4v) is 2.25. The zero-order chi connectivity index (χ0) is 16.1. The quantitative estimate of drug-likeness (QED) is 0.564. The van der Waals surface area contributed by atoms with E-state index in [2.05, 4.69) is 37.2 Å². The fraction of sp³-hybridized carbons (Fsp3) is 0. The van der Waals surface area contributed by atoms with Crippen LogP contribution in [0.1, 0.15) is 5.56 Å². The van der Waals surface area contributed by atoms with Gasteiger partial charge in [0.05, 0.1) is 5.69 Å². The highest BCUT2D eigenvalue weighted by Crippen LogP contribution is 2.20. The first-order valence-electron chi connectivity index (χ1n) is 6.13. The zero-order valence-corrected chi connectivity index (χ0v) is 14.3. The van der Waals surface area contributed by atoms with E-state index < -0.39 is 11.7 Å². The van der Waals surface area contributed by atoms with Crippen molar-refractivity contribution in [2.75, 3.05) is 5.32 Å². The predicted molar refractivity (Wildman–Crippen MR) is 90.5 cm³/mol. The molecular weight excluding hydrogens is 415 g/mol. The summed E-state index contributed by atoms with van der Waals surface area (Å²) in [5.74, 6) is -1.24.